The molecule has 0 unspecified atom stereocenters. The molecule has 1 aliphatic heterocycles. The Morgan fingerprint density at radius 2 is 1.93 bits per heavy atom. The summed E-state index contributed by atoms with van der Waals surface area (Å²) < 4.78 is 5.51. The van der Waals surface area contributed by atoms with Gasteiger partial charge < -0.3 is 14.6 Å². The van der Waals surface area contributed by atoms with Gasteiger partial charge in [0.25, 0.3) is 0 Å². The van der Waals surface area contributed by atoms with Crippen LogP contribution in [0.3, 0.4) is 0 Å². The summed E-state index contributed by atoms with van der Waals surface area (Å²) >= 11 is 1.87. The number of nitrogens with one attached hydrogen (secondary N) is 1. The Kier molecular flexibility index (Phi) is 5.19. The molecule has 2 aromatic carbocycles. The van der Waals surface area contributed by atoms with E-state index in [9.17, 15) is 4.79 Å². The zero-order valence-corrected chi connectivity index (χ0v) is 17.2. The van der Waals surface area contributed by atoms with Crippen LogP contribution in [0.25, 0.3) is 21.7 Å². The Bertz CT molecular complexity index is 1180. The van der Waals surface area contributed by atoms with E-state index in [1.165, 1.54) is 36.2 Å². The number of hydrogen-bond acceptors (Lipinski definition) is 3. The molecule has 148 valence electrons. The second-order valence-corrected chi connectivity index (χ2v) is 8.89. The number of thiophene rings is 1. The van der Waals surface area contributed by atoms with Crippen LogP contribution in [0.1, 0.15) is 29.3 Å². The Labute approximate surface area is 173 Å². The maximum atomic E-state index is 12.2. The van der Waals surface area contributed by atoms with Gasteiger partial charge in [-0.1, -0.05) is 36.4 Å². The van der Waals surface area contributed by atoms with E-state index < -0.39 is 0 Å². The molecular formula is C24H26N2O2S+2. The van der Waals surface area contributed by atoms with Gasteiger partial charge in [-0.2, -0.15) is 0 Å². The molecule has 4 aromatic rings. The first-order chi connectivity index (χ1) is 14.3. The smallest absolute Gasteiger partial charge is 0.336 e. The van der Waals surface area contributed by atoms with E-state index in [-0.39, 0.29) is 5.63 Å². The third-order valence-corrected chi connectivity index (χ3v) is 7.09. The minimum atomic E-state index is -0.267. The van der Waals surface area contributed by atoms with Crippen LogP contribution in [0, 0.1) is 0 Å². The molecule has 5 heteroatoms. The van der Waals surface area contributed by atoms with Crippen molar-refractivity contribution in [1.82, 2.24) is 0 Å². The standard InChI is InChI=1S/C24H24N2O2S/c27-23-14-18(24-19-7-2-1-6-17(19)9-10-21(24)28-23)15-25-16-20(22-8-5-13-29-22)26-11-3-4-12-26/h1-2,5-10,13-14,20,25H,3-4,11-12,15-16H2/p+2/t20-/m1/s1. The zero-order valence-electron chi connectivity index (χ0n) is 16.4. The van der Waals surface area contributed by atoms with Crippen molar-refractivity contribution in [3.8, 4) is 0 Å². The fourth-order valence-corrected chi connectivity index (χ4v) is 5.64. The van der Waals surface area contributed by atoms with Gasteiger partial charge in [-0.25, -0.2) is 4.79 Å². The summed E-state index contributed by atoms with van der Waals surface area (Å²) in [6.45, 7) is 4.34. The summed E-state index contributed by atoms with van der Waals surface area (Å²) in [6.07, 6.45) is 2.65. The van der Waals surface area contributed by atoms with Gasteiger partial charge in [0.2, 0.25) is 0 Å². The van der Waals surface area contributed by atoms with Crippen LogP contribution in [0.15, 0.2) is 69.2 Å². The van der Waals surface area contributed by atoms with Crippen LogP contribution < -0.4 is 15.8 Å². The van der Waals surface area contributed by atoms with Gasteiger partial charge in [0.1, 0.15) is 18.7 Å². The summed E-state index contributed by atoms with van der Waals surface area (Å²) in [7, 11) is 0. The average molecular weight is 407 g/mol. The van der Waals surface area contributed by atoms with Crippen molar-refractivity contribution in [1.29, 1.82) is 0 Å². The van der Waals surface area contributed by atoms with Gasteiger partial charge in [-0.15, -0.1) is 11.3 Å². The molecule has 3 heterocycles. The molecule has 0 amide bonds. The van der Waals surface area contributed by atoms with E-state index in [0.29, 0.717) is 11.6 Å². The Balaban J connectivity index is 1.44. The molecule has 4 nitrogen and oxygen atoms in total. The number of likely N-dealkylation sites (tertiary alicyclic amines) is 1. The lowest BCUT2D eigenvalue weighted by molar-refractivity contribution is -0.934. The first-order valence-electron chi connectivity index (χ1n) is 10.4. The average Bonchev–Trinajstić information content (AvgIpc) is 3.45. The maximum absolute atomic E-state index is 12.2. The van der Waals surface area contributed by atoms with Crippen LogP contribution >= 0.6 is 11.3 Å². The van der Waals surface area contributed by atoms with E-state index >= 15 is 0 Å². The van der Waals surface area contributed by atoms with Gasteiger partial charge in [-0.3, -0.25) is 0 Å². The molecule has 3 N–H and O–H groups in total. The van der Waals surface area contributed by atoms with Crippen LogP contribution in [-0.4, -0.2) is 19.6 Å². The lowest BCUT2D eigenvalue weighted by Gasteiger charge is -2.22. The molecule has 0 saturated carbocycles. The van der Waals surface area contributed by atoms with Crippen molar-refractivity contribution in [3.05, 3.63) is 80.8 Å². The molecule has 0 spiro atoms. The van der Waals surface area contributed by atoms with E-state index in [0.717, 1.165) is 29.4 Å². The second kappa shape index (κ2) is 8.11. The van der Waals surface area contributed by atoms with E-state index in [1.807, 2.05) is 35.6 Å². The fourth-order valence-electron chi connectivity index (χ4n) is 4.74. The molecule has 1 atom stereocenters. The highest BCUT2D eigenvalue weighted by molar-refractivity contribution is 7.10. The number of hydrogen-bond donors (Lipinski definition) is 2. The first-order valence-corrected chi connectivity index (χ1v) is 11.3. The lowest BCUT2D eigenvalue weighted by atomic mass is 10.0. The fraction of sp³-hybridized carbons (Fsp3) is 0.292. The summed E-state index contributed by atoms with van der Waals surface area (Å²) in [5.74, 6) is 0. The predicted octanol–water partition coefficient (Wildman–Crippen LogP) is 2.49. The molecule has 2 aromatic heterocycles. The van der Waals surface area contributed by atoms with Crippen molar-refractivity contribution in [2.24, 2.45) is 0 Å². The first kappa shape index (κ1) is 18.6. The molecule has 0 aliphatic carbocycles. The van der Waals surface area contributed by atoms with Crippen LogP contribution in [0.5, 0.6) is 0 Å². The molecule has 1 aliphatic rings. The third-order valence-electron chi connectivity index (χ3n) is 6.11. The van der Waals surface area contributed by atoms with Crippen LogP contribution in [-0.2, 0) is 6.54 Å². The normalized spacial score (nSPS) is 16.0. The summed E-state index contributed by atoms with van der Waals surface area (Å²) in [5, 5.41) is 7.94. The number of rotatable bonds is 6. The summed E-state index contributed by atoms with van der Waals surface area (Å²) in [4.78, 5) is 15.3. The van der Waals surface area contributed by atoms with Gasteiger partial charge in [0, 0.05) is 29.9 Å². The number of fused-ring (bicyclic) bond motifs is 3. The zero-order chi connectivity index (χ0) is 19.6. The van der Waals surface area contributed by atoms with E-state index in [1.54, 1.807) is 11.0 Å². The monoisotopic (exact) mass is 406 g/mol. The molecule has 0 bridgehead atoms. The highest BCUT2D eigenvalue weighted by Crippen LogP contribution is 2.27. The van der Waals surface area contributed by atoms with Crippen molar-refractivity contribution in [2.75, 3.05) is 19.6 Å². The van der Waals surface area contributed by atoms with Crippen molar-refractivity contribution < 1.29 is 14.6 Å². The third kappa shape index (κ3) is 3.73. The van der Waals surface area contributed by atoms with Crippen molar-refractivity contribution in [3.63, 3.8) is 0 Å². The van der Waals surface area contributed by atoms with Gasteiger partial charge in [-0.05, 0) is 28.3 Å². The quantitative estimate of drug-likeness (QED) is 0.382. The predicted molar refractivity (Wildman–Crippen MR) is 117 cm³/mol. The molecule has 1 fully saturated rings. The largest absolute Gasteiger partial charge is 0.423 e. The SMILES string of the molecule is O=c1cc(C[NH2+]C[C@H](c2cccs2)[NH+]2CCCC2)c2c(ccc3ccccc32)o1. The Morgan fingerprint density at radius 1 is 1.07 bits per heavy atom. The molecule has 5 rings (SSSR count). The molecular weight excluding hydrogens is 380 g/mol. The van der Waals surface area contributed by atoms with E-state index in [2.05, 4.69) is 35.0 Å². The number of benzene rings is 2. The molecule has 29 heavy (non-hydrogen) atoms. The molecule has 1 saturated heterocycles. The van der Waals surface area contributed by atoms with Gasteiger partial charge in [0.15, 0.2) is 6.04 Å². The summed E-state index contributed by atoms with van der Waals surface area (Å²) in [6, 6.07) is 18.9. The minimum Gasteiger partial charge on any atom is -0.423 e. The lowest BCUT2D eigenvalue weighted by Crippen LogP contribution is -3.13. The van der Waals surface area contributed by atoms with Gasteiger partial charge >= 0.3 is 5.63 Å². The van der Waals surface area contributed by atoms with E-state index in [4.69, 9.17) is 4.42 Å². The minimum absolute atomic E-state index is 0.267. The molecule has 0 radical (unpaired) electrons. The summed E-state index contributed by atoms with van der Waals surface area (Å²) in [5.41, 5.74) is 1.48. The number of nitrogens with two attached hydrogens (primary N) is 1. The van der Waals surface area contributed by atoms with Crippen molar-refractivity contribution >= 4 is 33.1 Å². The second-order valence-electron chi connectivity index (χ2n) is 7.91. The van der Waals surface area contributed by atoms with Crippen LogP contribution in [0.2, 0.25) is 0 Å². The number of quaternary nitrogens is 2. The maximum Gasteiger partial charge on any atom is 0.336 e. The highest BCUT2D eigenvalue weighted by atomic mass is 32.1. The Hall–Kier alpha value is -2.47. The van der Waals surface area contributed by atoms with Crippen LogP contribution in [0.4, 0.5) is 0 Å². The van der Waals surface area contributed by atoms with Gasteiger partial charge in [0.05, 0.1) is 18.0 Å². The topological polar surface area (TPSA) is 51.3 Å². The Morgan fingerprint density at radius 3 is 2.76 bits per heavy atom. The van der Waals surface area contributed by atoms with Crippen molar-refractivity contribution in [2.45, 2.75) is 25.4 Å². The highest BCUT2D eigenvalue weighted by Gasteiger charge is 2.29.